The number of hydrogen-bond donors (Lipinski definition) is 2. The first-order chi connectivity index (χ1) is 11.7. The average Bonchev–Trinajstić information content (AvgIpc) is 2.61. The van der Waals surface area contributed by atoms with Crippen LogP contribution in [0.3, 0.4) is 0 Å². The second-order valence-corrected chi connectivity index (χ2v) is 5.56. The number of imide groups is 1. The van der Waals surface area contributed by atoms with E-state index < -0.39 is 6.03 Å². The van der Waals surface area contributed by atoms with Gasteiger partial charge in [-0.05, 0) is 11.1 Å². The molecule has 5 nitrogen and oxygen atoms in total. The van der Waals surface area contributed by atoms with E-state index in [4.69, 9.17) is 0 Å². The van der Waals surface area contributed by atoms with Gasteiger partial charge in [0.1, 0.15) is 0 Å². The molecule has 0 aliphatic heterocycles. The SMILES string of the molecule is CNC(=O)NC(=O)CCN(Cc1ccccc1)Cc1ccccc1. The average molecular weight is 325 g/mol. The summed E-state index contributed by atoms with van der Waals surface area (Å²) < 4.78 is 0. The number of hydrogen-bond acceptors (Lipinski definition) is 3. The standard InChI is InChI=1S/C19H23N3O2/c1-20-19(24)21-18(23)12-13-22(14-16-8-4-2-5-9-16)15-17-10-6-3-7-11-17/h2-11H,12-15H2,1H3,(H2,20,21,23,24). The molecule has 2 N–H and O–H groups in total. The molecule has 0 unspecified atom stereocenters. The summed E-state index contributed by atoms with van der Waals surface area (Å²) in [5.74, 6) is -0.277. The number of nitrogens with zero attached hydrogens (tertiary/aromatic N) is 1. The van der Waals surface area contributed by atoms with Gasteiger partial charge in [0.2, 0.25) is 5.91 Å². The Morgan fingerprint density at radius 3 is 1.83 bits per heavy atom. The number of benzene rings is 2. The Morgan fingerprint density at radius 2 is 1.38 bits per heavy atom. The van der Waals surface area contributed by atoms with Crippen molar-refractivity contribution in [3.63, 3.8) is 0 Å². The second-order valence-electron chi connectivity index (χ2n) is 5.56. The van der Waals surface area contributed by atoms with Gasteiger partial charge in [-0.1, -0.05) is 60.7 Å². The molecule has 0 saturated heterocycles. The van der Waals surface area contributed by atoms with Crippen LogP contribution in [-0.4, -0.2) is 30.4 Å². The Balaban J connectivity index is 1.97. The molecule has 2 aromatic rings. The molecule has 0 aromatic heterocycles. The van der Waals surface area contributed by atoms with Crippen molar-refractivity contribution in [3.05, 3.63) is 71.8 Å². The van der Waals surface area contributed by atoms with Crippen LogP contribution in [0, 0.1) is 0 Å². The van der Waals surface area contributed by atoms with Gasteiger partial charge in [-0.2, -0.15) is 0 Å². The first kappa shape index (κ1) is 17.7. The van der Waals surface area contributed by atoms with E-state index in [2.05, 4.69) is 39.8 Å². The molecule has 24 heavy (non-hydrogen) atoms. The summed E-state index contributed by atoms with van der Waals surface area (Å²) in [6, 6.07) is 19.8. The van der Waals surface area contributed by atoms with Gasteiger partial charge in [-0.3, -0.25) is 15.0 Å². The van der Waals surface area contributed by atoms with Crippen molar-refractivity contribution in [3.8, 4) is 0 Å². The number of rotatable bonds is 7. The van der Waals surface area contributed by atoms with Gasteiger partial charge < -0.3 is 5.32 Å². The Morgan fingerprint density at radius 1 is 0.875 bits per heavy atom. The van der Waals surface area contributed by atoms with Crippen LogP contribution in [0.4, 0.5) is 4.79 Å². The van der Waals surface area contributed by atoms with Crippen LogP contribution in [0.2, 0.25) is 0 Å². The van der Waals surface area contributed by atoms with E-state index in [1.165, 1.54) is 18.2 Å². The predicted octanol–water partition coefficient (Wildman–Crippen LogP) is 2.53. The fourth-order valence-corrected chi connectivity index (χ4v) is 2.41. The highest BCUT2D eigenvalue weighted by molar-refractivity contribution is 5.94. The van der Waals surface area contributed by atoms with E-state index >= 15 is 0 Å². The van der Waals surface area contributed by atoms with E-state index in [1.54, 1.807) is 0 Å². The van der Waals surface area contributed by atoms with Crippen LogP contribution in [-0.2, 0) is 17.9 Å². The van der Waals surface area contributed by atoms with E-state index in [0.29, 0.717) is 6.54 Å². The first-order valence-corrected chi connectivity index (χ1v) is 7.99. The predicted molar refractivity (Wildman–Crippen MR) is 94.2 cm³/mol. The molecule has 3 amide bonds. The minimum absolute atomic E-state index is 0.271. The highest BCUT2D eigenvalue weighted by Crippen LogP contribution is 2.10. The van der Waals surface area contributed by atoms with Crippen LogP contribution >= 0.6 is 0 Å². The summed E-state index contributed by atoms with van der Waals surface area (Å²) in [5.41, 5.74) is 2.39. The molecule has 2 aromatic carbocycles. The maximum Gasteiger partial charge on any atom is 0.321 e. The zero-order chi connectivity index (χ0) is 17.2. The van der Waals surface area contributed by atoms with Gasteiger partial charge in [-0.25, -0.2) is 4.79 Å². The zero-order valence-corrected chi connectivity index (χ0v) is 13.9. The van der Waals surface area contributed by atoms with E-state index in [1.807, 2.05) is 36.4 Å². The quantitative estimate of drug-likeness (QED) is 0.822. The van der Waals surface area contributed by atoms with Crippen LogP contribution in [0.1, 0.15) is 17.5 Å². The van der Waals surface area contributed by atoms with Crippen LogP contribution in [0.5, 0.6) is 0 Å². The lowest BCUT2D eigenvalue weighted by molar-refractivity contribution is -0.120. The van der Waals surface area contributed by atoms with Crippen molar-refractivity contribution in [2.45, 2.75) is 19.5 Å². The van der Waals surface area contributed by atoms with Gasteiger partial charge in [-0.15, -0.1) is 0 Å². The van der Waals surface area contributed by atoms with Gasteiger partial charge in [0.05, 0.1) is 0 Å². The third-order valence-electron chi connectivity index (χ3n) is 3.63. The molecule has 0 atom stereocenters. The molecule has 126 valence electrons. The Kier molecular flexibility index (Phi) is 6.98. The monoisotopic (exact) mass is 325 g/mol. The van der Waals surface area contributed by atoms with Gasteiger partial charge in [0, 0.05) is 33.1 Å². The van der Waals surface area contributed by atoms with Gasteiger partial charge in [0.15, 0.2) is 0 Å². The Bertz CT molecular complexity index is 603. The van der Waals surface area contributed by atoms with Crippen molar-refractivity contribution < 1.29 is 9.59 Å². The minimum Gasteiger partial charge on any atom is -0.341 e. The van der Waals surface area contributed by atoms with E-state index in [9.17, 15) is 9.59 Å². The van der Waals surface area contributed by atoms with Crippen molar-refractivity contribution in [1.82, 2.24) is 15.5 Å². The molecular formula is C19H23N3O2. The molecule has 0 radical (unpaired) electrons. The lowest BCUT2D eigenvalue weighted by Gasteiger charge is -2.22. The summed E-state index contributed by atoms with van der Waals surface area (Å²) >= 11 is 0. The summed E-state index contributed by atoms with van der Waals surface area (Å²) in [4.78, 5) is 25.2. The summed E-state index contributed by atoms with van der Waals surface area (Å²) in [6.45, 7) is 2.08. The van der Waals surface area contributed by atoms with Crippen molar-refractivity contribution in [2.75, 3.05) is 13.6 Å². The third kappa shape index (κ3) is 6.22. The Labute approximate surface area is 142 Å². The summed E-state index contributed by atoms with van der Waals surface area (Å²) in [5, 5.41) is 4.68. The minimum atomic E-state index is -0.474. The molecule has 5 heteroatoms. The van der Waals surface area contributed by atoms with Crippen molar-refractivity contribution in [1.29, 1.82) is 0 Å². The lowest BCUT2D eigenvalue weighted by Crippen LogP contribution is -2.39. The van der Waals surface area contributed by atoms with Gasteiger partial charge in [0.25, 0.3) is 0 Å². The normalized spacial score (nSPS) is 10.4. The topological polar surface area (TPSA) is 61.4 Å². The number of nitrogens with one attached hydrogen (secondary N) is 2. The Hall–Kier alpha value is -2.66. The highest BCUT2D eigenvalue weighted by Gasteiger charge is 2.11. The van der Waals surface area contributed by atoms with E-state index in [-0.39, 0.29) is 12.3 Å². The molecule has 0 bridgehead atoms. The smallest absolute Gasteiger partial charge is 0.321 e. The molecular weight excluding hydrogens is 302 g/mol. The van der Waals surface area contributed by atoms with E-state index in [0.717, 1.165) is 13.1 Å². The fraction of sp³-hybridized carbons (Fsp3) is 0.263. The summed E-state index contributed by atoms with van der Waals surface area (Å²) in [6.07, 6.45) is 0.271. The van der Waals surface area contributed by atoms with Crippen LogP contribution < -0.4 is 10.6 Å². The van der Waals surface area contributed by atoms with Crippen LogP contribution in [0.25, 0.3) is 0 Å². The second kappa shape index (κ2) is 9.47. The number of carbonyl (C=O) groups excluding carboxylic acids is 2. The largest absolute Gasteiger partial charge is 0.341 e. The maximum atomic E-state index is 11.8. The molecule has 0 aliphatic rings. The third-order valence-corrected chi connectivity index (χ3v) is 3.63. The summed E-state index contributed by atoms with van der Waals surface area (Å²) in [7, 11) is 1.49. The van der Waals surface area contributed by atoms with Crippen LogP contribution in [0.15, 0.2) is 60.7 Å². The highest BCUT2D eigenvalue weighted by atomic mass is 16.2. The molecule has 0 fully saturated rings. The fourth-order valence-electron chi connectivity index (χ4n) is 2.41. The molecule has 0 saturated carbocycles. The number of urea groups is 1. The molecule has 0 spiro atoms. The molecule has 2 rings (SSSR count). The van der Waals surface area contributed by atoms with Gasteiger partial charge >= 0.3 is 6.03 Å². The molecule has 0 heterocycles. The van der Waals surface area contributed by atoms with Crippen molar-refractivity contribution >= 4 is 11.9 Å². The first-order valence-electron chi connectivity index (χ1n) is 7.99. The number of amides is 3. The zero-order valence-electron chi connectivity index (χ0n) is 13.9. The maximum absolute atomic E-state index is 11.8. The number of carbonyl (C=O) groups is 2. The lowest BCUT2D eigenvalue weighted by atomic mass is 10.1. The van der Waals surface area contributed by atoms with Crippen molar-refractivity contribution in [2.24, 2.45) is 0 Å². The molecule has 0 aliphatic carbocycles.